The molecule has 2 amide bonds. The number of nitrogens with two attached hydrogens (primary N) is 1. The van der Waals surface area contributed by atoms with Gasteiger partial charge in [-0.3, -0.25) is 9.59 Å². The number of anilines is 1. The van der Waals surface area contributed by atoms with Crippen LogP contribution < -0.4 is 11.1 Å². The first-order valence-electron chi connectivity index (χ1n) is 9.48. The molecule has 1 aliphatic carbocycles. The van der Waals surface area contributed by atoms with E-state index in [9.17, 15) is 9.59 Å². The fourth-order valence-electron chi connectivity index (χ4n) is 2.86. The summed E-state index contributed by atoms with van der Waals surface area (Å²) in [5.41, 5.74) is 7.35. The Hall–Kier alpha value is -2.35. The molecule has 2 aromatic rings. The lowest BCUT2D eigenvalue weighted by Crippen LogP contribution is -2.17. The van der Waals surface area contributed by atoms with E-state index in [1.54, 1.807) is 0 Å². The molecule has 3 rings (SSSR count). The van der Waals surface area contributed by atoms with Crippen molar-refractivity contribution >= 4 is 29.3 Å². The molecular formula is C20H27N5O2S. The second-order valence-corrected chi connectivity index (χ2v) is 9.09. The van der Waals surface area contributed by atoms with Gasteiger partial charge in [-0.2, -0.15) is 0 Å². The number of nitrogens with one attached hydrogen (secondary N) is 1. The van der Waals surface area contributed by atoms with Gasteiger partial charge in [-0.05, 0) is 36.0 Å². The van der Waals surface area contributed by atoms with Gasteiger partial charge in [0.25, 0.3) is 0 Å². The minimum Gasteiger partial charge on any atom is -0.370 e. The van der Waals surface area contributed by atoms with Gasteiger partial charge in [0.05, 0.1) is 5.75 Å². The number of hydrogen-bond donors (Lipinski definition) is 2. The summed E-state index contributed by atoms with van der Waals surface area (Å²) < 4.78 is 1.93. The molecular weight excluding hydrogens is 374 g/mol. The molecule has 1 saturated carbocycles. The summed E-state index contributed by atoms with van der Waals surface area (Å²) in [5, 5.41) is 12.0. The predicted molar refractivity (Wildman–Crippen MR) is 110 cm³/mol. The average molecular weight is 402 g/mol. The van der Waals surface area contributed by atoms with Crippen molar-refractivity contribution in [2.45, 2.75) is 63.1 Å². The van der Waals surface area contributed by atoms with E-state index < -0.39 is 0 Å². The van der Waals surface area contributed by atoms with Gasteiger partial charge in [-0.25, -0.2) is 0 Å². The maximum Gasteiger partial charge on any atom is 0.234 e. The molecule has 0 unspecified atom stereocenters. The van der Waals surface area contributed by atoms with Gasteiger partial charge in [-0.15, -0.1) is 10.2 Å². The standard InChI is InChI=1S/C20H27N5O2S/c1-20(2,3)14-6-8-15(9-7-14)22-17(27)12-28-19-24-23-18(13-4-5-13)25(19)11-10-16(21)26/h6-9,13H,4-5,10-12H2,1-3H3,(H2,21,26)(H,22,27). The first kappa shape index (κ1) is 20.4. The molecule has 0 aliphatic heterocycles. The third-order valence-electron chi connectivity index (χ3n) is 4.64. The lowest BCUT2D eigenvalue weighted by Gasteiger charge is -2.19. The summed E-state index contributed by atoms with van der Waals surface area (Å²) in [5.74, 6) is 1.06. The van der Waals surface area contributed by atoms with E-state index in [-0.39, 0.29) is 29.4 Å². The summed E-state index contributed by atoms with van der Waals surface area (Å²) in [6.07, 6.45) is 2.41. The van der Waals surface area contributed by atoms with Crippen LogP contribution in [0, 0.1) is 0 Å². The summed E-state index contributed by atoms with van der Waals surface area (Å²) in [7, 11) is 0. The summed E-state index contributed by atoms with van der Waals surface area (Å²) in [4.78, 5) is 23.5. The Morgan fingerprint density at radius 2 is 1.89 bits per heavy atom. The van der Waals surface area contributed by atoms with Crippen LogP contribution in [0.25, 0.3) is 0 Å². The number of carbonyl (C=O) groups excluding carboxylic acids is 2. The Labute approximate surface area is 169 Å². The summed E-state index contributed by atoms with van der Waals surface area (Å²) >= 11 is 1.32. The Morgan fingerprint density at radius 3 is 2.46 bits per heavy atom. The highest BCUT2D eigenvalue weighted by Gasteiger charge is 2.30. The number of nitrogens with zero attached hydrogens (tertiary/aromatic N) is 3. The number of amides is 2. The van der Waals surface area contributed by atoms with Crippen LogP contribution in [0.5, 0.6) is 0 Å². The molecule has 8 heteroatoms. The first-order valence-corrected chi connectivity index (χ1v) is 10.5. The molecule has 1 heterocycles. The van der Waals surface area contributed by atoms with Crippen molar-refractivity contribution in [1.29, 1.82) is 0 Å². The highest BCUT2D eigenvalue weighted by molar-refractivity contribution is 7.99. The van der Waals surface area contributed by atoms with E-state index >= 15 is 0 Å². The molecule has 0 bridgehead atoms. The van der Waals surface area contributed by atoms with Crippen LogP contribution in [-0.2, 0) is 21.5 Å². The van der Waals surface area contributed by atoms with Crippen LogP contribution in [0.4, 0.5) is 5.69 Å². The third kappa shape index (κ3) is 5.34. The number of primary amides is 1. The maximum absolute atomic E-state index is 12.3. The van der Waals surface area contributed by atoms with Crippen LogP contribution in [0.1, 0.15) is 57.3 Å². The number of thioether (sulfide) groups is 1. The van der Waals surface area contributed by atoms with Gasteiger partial charge in [0.1, 0.15) is 5.82 Å². The van der Waals surface area contributed by atoms with Gasteiger partial charge >= 0.3 is 0 Å². The smallest absolute Gasteiger partial charge is 0.234 e. The van der Waals surface area contributed by atoms with Crippen molar-refractivity contribution < 1.29 is 9.59 Å². The SMILES string of the molecule is CC(C)(C)c1ccc(NC(=O)CSc2nnc(C3CC3)n2CCC(N)=O)cc1. The topological polar surface area (TPSA) is 103 Å². The van der Waals surface area contributed by atoms with E-state index in [0.29, 0.717) is 17.6 Å². The van der Waals surface area contributed by atoms with Gasteiger partial charge in [0.15, 0.2) is 5.16 Å². The molecule has 1 aliphatic rings. The van der Waals surface area contributed by atoms with Crippen molar-refractivity contribution in [3.05, 3.63) is 35.7 Å². The Balaban J connectivity index is 1.59. The van der Waals surface area contributed by atoms with Crippen LogP contribution in [-0.4, -0.2) is 32.3 Å². The number of aromatic nitrogens is 3. The van der Waals surface area contributed by atoms with Crippen LogP contribution in [0.2, 0.25) is 0 Å². The second kappa shape index (κ2) is 8.34. The van der Waals surface area contributed by atoms with Gasteiger partial charge in [0, 0.05) is 24.6 Å². The highest BCUT2D eigenvalue weighted by atomic mass is 32.2. The minimum absolute atomic E-state index is 0.0760. The van der Waals surface area contributed by atoms with Gasteiger partial charge in [0.2, 0.25) is 11.8 Å². The zero-order valence-electron chi connectivity index (χ0n) is 16.6. The molecule has 1 aromatic carbocycles. The maximum atomic E-state index is 12.3. The van der Waals surface area contributed by atoms with E-state index in [1.807, 2.05) is 28.8 Å². The molecule has 1 fully saturated rings. The first-order chi connectivity index (χ1) is 13.2. The monoisotopic (exact) mass is 401 g/mol. The number of hydrogen-bond acceptors (Lipinski definition) is 5. The quantitative estimate of drug-likeness (QED) is 0.662. The van der Waals surface area contributed by atoms with Crippen LogP contribution in [0.15, 0.2) is 29.4 Å². The van der Waals surface area contributed by atoms with Gasteiger partial charge < -0.3 is 15.6 Å². The lowest BCUT2D eigenvalue weighted by atomic mass is 9.87. The molecule has 28 heavy (non-hydrogen) atoms. The Bertz CT molecular complexity index is 850. The van der Waals surface area contributed by atoms with E-state index in [4.69, 9.17) is 5.73 Å². The zero-order chi connectivity index (χ0) is 20.3. The van der Waals surface area contributed by atoms with Crippen LogP contribution in [0.3, 0.4) is 0 Å². The number of carbonyl (C=O) groups is 2. The Morgan fingerprint density at radius 1 is 1.21 bits per heavy atom. The van der Waals surface area contributed by atoms with E-state index in [2.05, 4.69) is 36.3 Å². The fraction of sp³-hybridized carbons (Fsp3) is 0.500. The van der Waals surface area contributed by atoms with Crippen molar-refractivity contribution in [2.75, 3.05) is 11.1 Å². The summed E-state index contributed by atoms with van der Waals surface area (Å²) in [6, 6.07) is 7.91. The Kier molecular flexibility index (Phi) is 6.07. The van der Waals surface area contributed by atoms with E-state index in [1.165, 1.54) is 17.3 Å². The summed E-state index contributed by atoms with van der Waals surface area (Å²) in [6.45, 7) is 6.91. The molecule has 0 atom stereocenters. The zero-order valence-corrected chi connectivity index (χ0v) is 17.4. The number of benzene rings is 1. The molecule has 1 aromatic heterocycles. The second-order valence-electron chi connectivity index (χ2n) is 8.15. The molecule has 0 saturated heterocycles. The van der Waals surface area contributed by atoms with Crippen LogP contribution >= 0.6 is 11.8 Å². The van der Waals surface area contributed by atoms with Crippen molar-refractivity contribution in [1.82, 2.24) is 14.8 Å². The van der Waals surface area contributed by atoms with E-state index in [0.717, 1.165) is 24.4 Å². The average Bonchev–Trinajstić information content (AvgIpc) is 3.38. The van der Waals surface area contributed by atoms with Crippen molar-refractivity contribution in [3.63, 3.8) is 0 Å². The van der Waals surface area contributed by atoms with Crippen molar-refractivity contribution in [3.8, 4) is 0 Å². The molecule has 7 nitrogen and oxygen atoms in total. The molecule has 150 valence electrons. The lowest BCUT2D eigenvalue weighted by molar-refractivity contribution is -0.118. The van der Waals surface area contributed by atoms with Crippen molar-refractivity contribution in [2.24, 2.45) is 5.73 Å². The molecule has 0 spiro atoms. The normalized spacial score (nSPS) is 14.1. The molecule has 3 N–H and O–H groups in total. The minimum atomic E-state index is -0.358. The largest absolute Gasteiger partial charge is 0.370 e. The van der Waals surface area contributed by atoms with Gasteiger partial charge in [-0.1, -0.05) is 44.7 Å². The third-order valence-corrected chi connectivity index (χ3v) is 5.60. The predicted octanol–water partition coefficient (Wildman–Crippen LogP) is 3.06. The molecule has 0 radical (unpaired) electrons. The highest BCUT2D eigenvalue weighted by Crippen LogP contribution is 2.40. The fourth-order valence-corrected chi connectivity index (χ4v) is 3.63. The number of rotatable bonds is 8.